The fraction of sp³-hybridized carbons (Fsp3) is 0.0476. The van der Waals surface area contributed by atoms with E-state index in [9.17, 15) is 23.3 Å². The number of hydrazone groups is 1. The van der Waals surface area contributed by atoms with Crippen molar-refractivity contribution in [3.63, 3.8) is 0 Å². The standard InChI is InChI=1S/C21H17BrN4O5S/c22-17-8-6-7-16(13-17)14-23-24-21(27)15-25(18-9-2-1-3-10-18)32(30,31)20-12-5-4-11-19(20)26(28)29/h1-14H,15H2,(H,24,27)/b23-14-. The molecule has 0 radical (unpaired) electrons. The van der Waals surface area contributed by atoms with Gasteiger partial charge >= 0.3 is 0 Å². The van der Waals surface area contributed by atoms with Crippen molar-refractivity contribution in [1.82, 2.24) is 5.43 Å². The Hall–Kier alpha value is -3.57. The van der Waals surface area contributed by atoms with E-state index >= 15 is 0 Å². The summed E-state index contributed by atoms with van der Waals surface area (Å²) < 4.78 is 28.3. The minimum Gasteiger partial charge on any atom is -0.271 e. The number of hydrogen-bond donors (Lipinski definition) is 1. The number of para-hydroxylation sites is 2. The van der Waals surface area contributed by atoms with Gasteiger partial charge in [-0.3, -0.25) is 19.2 Å². The first-order valence-corrected chi connectivity index (χ1v) is 11.4. The molecule has 0 bridgehead atoms. The lowest BCUT2D eigenvalue weighted by Gasteiger charge is -2.23. The number of halogens is 1. The lowest BCUT2D eigenvalue weighted by atomic mass is 10.2. The second-order valence-electron chi connectivity index (χ2n) is 6.42. The van der Waals surface area contributed by atoms with Gasteiger partial charge in [-0.2, -0.15) is 5.10 Å². The summed E-state index contributed by atoms with van der Waals surface area (Å²) in [5.41, 5.74) is 2.60. The van der Waals surface area contributed by atoms with Crippen LogP contribution in [-0.2, 0) is 14.8 Å². The molecule has 0 saturated heterocycles. The maximum absolute atomic E-state index is 13.3. The first-order chi connectivity index (χ1) is 15.3. The number of rotatable bonds is 8. The number of amides is 1. The third kappa shape index (κ3) is 5.56. The average molecular weight is 517 g/mol. The molecule has 0 saturated carbocycles. The molecule has 0 spiro atoms. The summed E-state index contributed by atoms with van der Waals surface area (Å²) in [6.45, 7) is -0.631. The van der Waals surface area contributed by atoms with Gasteiger partial charge in [0.1, 0.15) is 6.54 Å². The Morgan fingerprint density at radius 1 is 1.06 bits per heavy atom. The van der Waals surface area contributed by atoms with Crippen molar-refractivity contribution in [1.29, 1.82) is 0 Å². The van der Waals surface area contributed by atoms with Crippen molar-refractivity contribution >= 4 is 49.4 Å². The van der Waals surface area contributed by atoms with Gasteiger partial charge in [0.05, 0.1) is 16.8 Å². The smallest absolute Gasteiger partial charge is 0.271 e. The topological polar surface area (TPSA) is 122 Å². The van der Waals surface area contributed by atoms with Crippen molar-refractivity contribution in [2.75, 3.05) is 10.8 Å². The molecule has 9 nitrogen and oxygen atoms in total. The monoisotopic (exact) mass is 516 g/mol. The van der Waals surface area contributed by atoms with E-state index in [0.717, 1.165) is 20.9 Å². The van der Waals surface area contributed by atoms with Crippen LogP contribution in [0.1, 0.15) is 5.56 Å². The number of hydrogen-bond acceptors (Lipinski definition) is 6. The first kappa shape index (κ1) is 23.1. The van der Waals surface area contributed by atoms with Crippen LogP contribution in [0, 0.1) is 10.1 Å². The number of carbonyl (C=O) groups is 1. The van der Waals surface area contributed by atoms with Crippen LogP contribution in [0.4, 0.5) is 11.4 Å². The molecule has 0 unspecified atom stereocenters. The van der Waals surface area contributed by atoms with Crippen LogP contribution in [0.15, 0.2) is 93.3 Å². The lowest BCUT2D eigenvalue weighted by molar-refractivity contribution is -0.387. The van der Waals surface area contributed by atoms with Gasteiger partial charge in [0.25, 0.3) is 21.6 Å². The van der Waals surface area contributed by atoms with Crippen LogP contribution < -0.4 is 9.73 Å². The predicted molar refractivity (Wildman–Crippen MR) is 124 cm³/mol. The van der Waals surface area contributed by atoms with Gasteiger partial charge in [0.15, 0.2) is 4.90 Å². The van der Waals surface area contributed by atoms with Crippen LogP contribution in [0.5, 0.6) is 0 Å². The number of nitro groups is 1. The number of nitrogens with zero attached hydrogens (tertiary/aromatic N) is 3. The molecule has 1 N–H and O–H groups in total. The highest BCUT2D eigenvalue weighted by atomic mass is 79.9. The summed E-state index contributed by atoms with van der Waals surface area (Å²) in [5, 5.41) is 15.2. The molecule has 0 atom stereocenters. The highest BCUT2D eigenvalue weighted by molar-refractivity contribution is 9.10. The third-order valence-corrected chi connectivity index (χ3v) is 6.53. The minimum absolute atomic E-state index is 0.178. The van der Waals surface area contributed by atoms with Gasteiger partial charge in [-0.25, -0.2) is 13.8 Å². The Morgan fingerprint density at radius 2 is 1.75 bits per heavy atom. The summed E-state index contributed by atoms with van der Waals surface area (Å²) in [4.78, 5) is 22.6. The van der Waals surface area contributed by atoms with E-state index in [-0.39, 0.29) is 5.69 Å². The fourth-order valence-corrected chi connectivity index (χ4v) is 4.78. The summed E-state index contributed by atoms with van der Waals surface area (Å²) in [5.74, 6) is -0.720. The van der Waals surface area contributed by atoms with Gasteiger partial charge in [-0.15, -0.1) is 0 Å². The quantitative estimate of drug-likeness (QED) is 0.277. The average Bonchev–Trinajstić information content (AvgIpc) is 2.78. The minimum atomic E-state index is -4.43. The van der Waals surface area contributed by atoms with E-state index in [0.29, 0.717) is 5.56 Å². The SMILES string of the molecule is O=C(CN(c1ccccc1)S(=O)(=O)c1ccccc1[N+](=O)[O-])N/N=C\c1cccc(Br)c1. The normalized spacial score (nSPS) is 11.3. The molecule has 1 amide bonds. The molecule has 32 heavy (non-hydrogen) atoms. The molecule has 0 aliphatic rings. The zero-order chi connectivity index (χ0) is 23.1. The van der Waals surface area contributed by atoms with Crippen LogP contribution in [0.25, 0.3) is 0 Å². The molecule has 0 aromatic heterocycles. The Labute approximate surface area is 192 Å². The molecule has 0 fully saturated rings. The second kappa shape index (κ2) is 10.2. The summed E-state index contributed by atoms with van der Waals surface area (Å²) in [6.07, 6.45) is 1.41. The molecule has 3 aromatic rings. The molecule has 3 aromatic carbocycles. The number of benzene rings is 3. The van der Waals surface area contributed by atoms with E-state index in [2.05, 4.69) is 26.5 Å². The Balaban J connectivity index is 1.89. The van der Waals surface area contributed by atoms with Crippen molar-refractivity contribution in [3.05, 3.63) is 99.0 Å². The van der Waals surface area contributed by atoms with Gasteiger partial charge in [0, 0.05) is 10.5 Å². The number of carbonyl (C=O) groups excluding carboxylic acids is 1. The zero-order valence-corrected chi connectivity index (χ0v) is 18.9. The first-order valence-electron chi connectivity index (χ1n) is 9.18. The maximum Gasteiger partial charge on any atom is 0.289 e. The van der Waals surface area contributed by atoms with Crippen molar-refractivity contribution in [3.8, 4) is 0 Å². The fourth-order valence-electron chi connectivity index (χ4n) is 2.79. The van der Waals surface area contributed by atoms with E-state index in [1.54, 1.807) is 36.4 Å². The Morgan fingerprint density at radius 3 is 2.44 bits per heavy atom. The van der Waals surface area contributed by atoms with Crippen molar-refractivity contribution < 1.29 is 18.1 Å². The molecule has 164 valence electrons. The molecule has 0 heterocycles. The lowest BCUT2D eigenvalue weighted by Crippen LogP contribution is -2.39. The van der Waals surface area contributed by atoms with Gasteiger partial charge < -0.3 is 0 Å². The molecule has 0 aliphatic heterocycles. The number of nitrogens with one attached hydrogen (secondary N) is 1. The molecule has 0 aliphatic carbocycles. The van der Waals surface area contributed by atoms with E-state index in [1.807, 2.05) is 6.07 Å². The second-order valence-corrected chi connectivity index (χ2v) is 9.17. The van der Waals surface area contributed by atoms with Gasteiger partial charge in [0.2, 0.25) is 0 Å². The van der Waals surface area contributed by atoms with Crippen LogP contribution in [0.2, 0.25) is 0 Å². The van der Waals surface area contributed by atoms with Crippen molar-refractivity contribution in [2.24, 2.45) is 5.10 Å². The molecular formula is C21H17BrN4O5S. The van der Waals surface area contributed by atoms with Gasteiger partial charge in [-0.1, -0.05) is 58.4 Å². The van der Waals surface area contributed by atoms with Crippen molar-refractivity contribution in [2.45, 2.75) is 4.90 Å². The Bertz CT molecular complexity index is 1270. The van der Waals surface area contributed by atoms with Crippen LogP contribution in [-0.4, -0.2) is 32.0 Å². The number of sulfonamides is 1. The maximum atomic E-state index is 13.3. The molecular weight excluding hydrogens is 500 g/mol. The predicted octanol–water partition coefficient (Wildman–Crippen LogP) is 3.70. The zero-order valence-electron chi connectivity index (χ0n) is 16.5. The Kier molecular flexibility index (Phi) is 7.33. The highest BCUT2D eigenvalue weighted by Gasteiger charge is 2.32. The van der Waals surface area contributed by atoms with E-state index < -0.39 is 38.0 Å². The number of nitro benzene ring substituents is 1. The van der Waals surface area contributed by atoms with Gasteiger partial charge in [-0.05, 0) is 35.9 Å². The third-order valence-electron chi connectivity index (χ3n) is 4.21. The van der Waals surface area contributed by atoms with E-state index in [4.69, 9.17) is 0 Å². The molecule has 3 rings (SSSR count). The summed E-state index contributed by atoms with van der Waals surface area (Å²) >= 11 is 3.33. The summed E-state index contributed by atoms with van der Waals surface area (Å²) in [6, 6.07) is 20.0. The van der Waals surface area contributed by atoms with Crippen LogP contribution in [0.3, 0.4) is 0 Å². The largest absolute Gasteiger partial charge is 0.289 e. The highest BCUT2D eigenvalue weighted by Crippen LogP contribution is 2.29. The van der Waals surface area contributed by atoms with Crippen LogP contribution >= 0.6 is 15.9 Å². The van der Waals surface area contributed by atoms with E-state index in [1.165, 1.54) is 30.5 Å². The number of anilines is 1. The molecule has 11 heteroatoms. The summed E-state index contributed by atoms with van der Waals surface area (Å²) in [7, 11) is -4.43.